The van der Waals surface area contributed by atoms with Gasteiger partial charge in [-0.15, -0.1) is 0 Å². The third-order valence-electron chi connectivity index (χ3n) is 4.27. The molecule has 134 valence electrons. The van der Waals surface area contributed by atoms with E-state index in [1.54, 1.807) is 14.2 Å². The molecule has 0 spiro atoms. The topological polar surface area (TPSA) is 47.6 Å². The SMILES string of the molecule is COc1ccc(C(C)NC(=O)c2ccc(C(C)(C)C)cc2)cc1OC. The van der Waals surface area contributed by atoms with E-state index in [1.165, 1.54) is 5.56 Å². The minimum absolute atomic E-state index is 0.0714. The minimum atomic E-state index is -0.144. The van der Waals surface area contributed by atoms with Gasteiger partial charge in [-0.1, -0.05) is 39.0 Å². The number of amides is 1. The van der Waals surface area contributed by atoms with Crippen molar-refractivity contribution in [3.63, 3.8) is 0 Å². The number of methoxy groups -OCH3 is 2. The van der Waals surface area contributed by atoms with Crippen molar-refractivity contribution in [3.05, 3.63) is 59.2 Å². The van der Waals surface area contributed by atoms with Crippen LogP contribution >= 0.6 is 0 Å². The van der Waals surface area contributed by atoms with Crippen LogP contribution < -0.4 is 14.8 Å². The predicted molar refractivity (Wildman–Crippen MR) is 101 cm³/mol. The second-order valence-electron chi connectivity index (χ2n) is 7.14. The van der Waals surface area contributed by atoms with Gasteiger partial charge in [0.2, 0.25) is 0 Å². The summed E-state index contributed by atoms with van der Waals surface area (Å²) in [6.45, 7) is 8.41. The Morgan fingerprint density at radius 3 is 2.08 bits per heavy atom. The fourth-order valence-corrected chi connectivity index (χ4v) is 2.61. The summed E-state index contributed by atoms with van der Waals surface area (Å²) in [5, 5.41) is 3.02. The Bertz CT molecular complexity index is 730. The lowest BCUT2D eigenvalue weighted by molar-refractivity contribution is 0.0939. The molecular weight excluding hydrogens is 314 g/mol. The first kappa shape index (κ1) is 18.8. The smallest absolute Gasteiger partial charge is 0.251 e. The summed E-state index contributed by atoms with van der Waals surface area (Å²) < 4.78 is 10.6. The van der Waals surface area contributed by atoms with Gasteiger partial charge in [-0.05, 0) is 47.7 Å². The first-order valence-electron chi connectivity index (χ1n) is 8.39. The van der Waals surface area contributed by atoms with Gasteiger partial charge in [0.1, 0.15) is 0 Å². The van der Waals surface area contributed by atoms with Crippen LogP contribution in [0.1, 0.15) is 55.2 Å². The van der Waals surface area contributed by atoms with Gasteiger partial charge in [-0.2, -0.15) is 0 Å². The number of rotatable bonds is 5. The van der Waals surface area contributed by atoms with Gasteiger partial charge in [-0.3, -0.25) is 4.79 Å². The summed E-state index contributed by atoms with van der Waals surface area (Å²) in [6.07, 6.45) is 0. The summed E-state index contributed by atoms with van der Waals surface area (Å²) in [4.78, 5) is 12.5. The number of nitrogens with one attached hydrogen (secondary N) is 1. The lowest BCUT2D eigenvalue weighted by Gasteiger charge is -2.20. The molecule has 0 aliphatic rings. The van der Waals surface area contributed by atoms with Crippen LogP contribution in [-0.2, 0) is 5.41 Å². The molecule has 4 heteroatoms. The van der Waals surface area contributed by atoms with E-state index in [2.05, 4.69) is 26.1 Å². The molecule has 0 saturated carbocycles. The second kappa shape index (κ2) is 7.60. The van der Waals surface area contributed by atoms with Crippen molar-refractivity contribution in [1.29, 1.82) is 0 Å². The van der Waals surface area contributed by atoms with Crippen LogP contribution in [0.3, 0.4) is 0 Å². The molecule has 2 aromatic rings. The van der Waals surface area contributed by atoms with Crippen molar-refractivity contribution in [1.82, 2.24) is 5.32 Å². The molecule has 0 bridgehead atoms. The Morgan fingerprint density at radius 1 is 0.960 bits per heavy atom. The average molecular weight is 341 g/mol. The zero-order valence-electron chi connectivity index (χ0n) is 15.8. The van der Waals surface area contributed by atoms with E-state index in [9.17, 15) is 4.79 Å². The van der Waals surface area contributed by atoms with Crippen LogP contribution in [0.15, 0.2) is 42.5 Å². The number of hydrogen-bond donors (Lipinski definition) is 1. The molecule has 2 rings (SSSR count). The highest BCUT2D eigenvalue weighted by Crippen LogP contribution is 2.30. The highest BCUT2D eigenvalue weighted by Gasteiger charge is 2.16. The first-order valence-corrected chi connectivity index (χ1v) is 8.39. The van der Waals surface area contributed by atoms with Gasteiger partial charge in [0.15, 0.2) is 11.5 Å². The Balaban J connectivity index is 2.12. The van der Waals surface area contributed by atoms with E-state index in [-0.39, 0.29) is 17.4 Å². The molecule has 4 nitrogen and oxygen atoms in total. The standard InChI is InChI=1S/C21H27NO3/c1-14(16-9-12-18(24-5)19(13-16)25-6)22-20(23)15-7-10-17(11-8-15)21(2,3)4/h7-14H,1-6H3,(H,22,23). The predicted octanol–water partition coefficient (Wildman–Crippen LogP) is 4.49. The molecule has 0 aliphatic heterocycles. The van der Waals surface area contributed by atoms with Crippen molar-refractivity contribution in [2.24, 2.45) is 0 Å². The lowest BCUT2D eigenvalue weighted by Crippen LogP contribution is -2.26. The van der Waals surface area contributed by atoms with Gasteiger partial charge in [0, 0.05) is 5.56 Å². The zero-order chi connectivity index (χ0) is 18.6. The molecule has 0 radical (unpaired) electrons. The Hall–Kier alpha value is -2.49. The summed E-state index contributed by atoms with van der Waals surface area (Å²) in [5.41, 5.74) is 2.89. The van der Waals surface area contributed by atoms with Crippen molar-refractivity contribution in [3.8, 4) is 11.5 Å². The number of hydrogen-bond acceptors (Lipinski definition) is 3. The van der Waals surface area contributed by atoms with E-state index in [0.29, 0.717) is 17.1 Å². The third-order valence-corrected chi connectivity index (χ3v) is 4.27. The number of benzene rings is 2. The highest BCUT2D eigenvalue weighted by atomic mass is 16.5. The molecular formula is C21H27NO3. The number of carbonyl (C=O) groups excluding carboxylic acids is 1. The zero-order valence-corrected chi connectivity index (χ0v) is 15.8. The van der Waals surface area contributed by atoms with Crippen molar-refractivity contribution < 1.29 is 14.3 Å². The summed E-state index contributed by atoms with van der Waals surface area (Å²) >= 11 is 0. The molecule has 2 aromatic carbocycles. The fourth-order valence-electron chi connectivity index (χ4n) is 2.61. The van der Waals surface area contributed by atoms with Crippen LogP contribution in [0.4, 0.5) is 0 Å². The largest absolute Gasteiger partial charge is 0.493 e. The van der Waals surface area contributed by atoms with Crippen LogP contribution in [-0.4, -0.2) is 20.1 Å². The third kappa shape index (κ3) is 4.53. The minimum Gasteiger partial charge on any atom is -0.493 e. The van der Waals surface area contributed by atoms with Crippen LogP contribution in [0.25, 0.3) is 0 Å². The molecule has 1 atom stereocenters. The highest BCUT2D eigenvalue weighted by molar-refractivity contribution is 5.94. The van der Waals surface area contributed by atoms with Gasteiger partial charge in [0.25, 0.3) is 5.91 Å². The van der Waals surface area contributed by atoms with Gasteiger partial charge >= 0.3 is 0 Å². The molecule has 0 aromatic heterocycles. The second-order valence-corrected chi connectivity index (χ2v) is 7.14. The first-order chi connectivity index (χ1) is 11.8. The molecule has 0 aliphatic carbocycles. The van der Waals surface area contributed by atoms with Crippen LogP contribution in [0, 0.1) is 0 Å². The van der Waals surface area contributed by atoms with E-state index in [1.807, 2.05) is 49.4 Å². The lowest BCUT2D eigenvalue weighted by atomic mass is 9.86. The Labute approximate surface area is 150 Å². The number of carbonyl (C=O) groups is 1. The molecule has 0 saturated heterocycles. The molecule has 1 unspecified atom stereocenters. The molecule has 0 fully saturated rings. The van der Waals surface area contributed by atoms with Crippen molar-refractivity contribution >= 4 is 5.91 Å². The molecule has 0 heterocycles. The fraction of sp³-hybridized carbons (Fsp3) is 0.381. The maximum atomic E-state index is 12.5. The molecule has 1 amide bonds. The number of ether oxygens (including phenoxy) is 2. The normalized spacial score (nSPS) is 12.4. The van der Waals surface area contributed by atoms with Crippen molar-refractivity contribution in [2.75, 3.05) is 14.2 Å². The summed E-state index contributed by atoms with van der Waals surface area (Å²) in [7, 11) is 3.20. The molecule has 25 heavy (non-hydrogen) atoms. The molecule has 1 N–H and O–H groups in total. The van der Waals surface area contributed by atoms with Gasteiger partial charge < -0.3 is 14.8 Å². The maximum Gasteiger partial charge on any atom is 0.251 e. The quantitative estimate of drug-likeness (QED) is 0.871. The van der Waals surface area contributed by atoms with Crippen LogP contribution in [0.5, 0.6) is 11.5 Å². The van der Waals surface area contributed by atoms with E-state index < -0.39 is 0 Å². The van der Waals surface area contributed by atoms with E-state index in [4.69, 9.17) is 9.47 Å². The van der Waals surface area contributed by atoms with Gasteiger partial charge in [0.05, 0.1) is 20.3 Å². The van der Waals surface area contributed by atoms with Crippen molar-refractivity contribution in [2.45, 2.75) is 39.2 Å². The van der Waals surface area contributed by atoms with E-state index >= 15 is 0 Å². The maximum absolute atomic E-state index is 12.5. The average Bonchev–Trinajstić information content (AvgIpc) is 2.60. The Kier molecular flexibility index (Phi) is 5.73. The summed E-state index contributed by atoms with van der Waals surface area (Å²) in [5.74, 6) is 1.22. The summed E-state index contributed by atoms with van der Waals surface area (Å²) in [6, 6.07) is 13.3. The van der Waals surface area contributed by atoms with Gasteiger partial charge in [-0.25, -0.2) is 0 Å². The van der Waals surface area contributed by atoms with Crippen LogP contribution in [0.2, 0.25) is 0 Å². The van der Waals surface area contributed by atoms with E-state index in [0.717, 1.165) is 5.56 Å². The Morgan fingerprint density at radius 2 is 1.56 bits per heavy atom. The monoisotopic (exact) mass is 341 g/mol.